The quantitative estimate of drug-likeness (QED) is 0.361. The average molecular weight is 458 g/mol. The Morgan fingerprint density at radius 1 is 1.16 bits per heavy atom. The molecule has 8 nitrogen and oxygen atoms in total. The smallest absolute Gasteiger partial charge is 0.268 e. The van der Waals surface area contributed by atoms with Crippen LogP contribution < -0.4 is 5.32 Å². The van der Waals surface area contributed by atoms with Crippen LogP contribution in [-0.2, 0) is 11.2 Å². The highest BCUT2D eigenvalue weighted by Gasteiger charge is 2.44. The molecule has 1 aromatic heterocycles. The van der Waals surface area contributed by atoms with E-state index in [1.54, 1.807) is 24.3 Å². The molecule has 2 atom stereocenters. The molecule has 1 fully saturated rings. The number of benzene rings is 2. The molecule has 0 unspecified atom stereocenters. The lowest BCUT2D eigenvalue weighted by Gasteiger charge is -2.32. The van der Waals surface area contributed by atoms with Crippen LogP contribution in [0.1, 0.15) is 28.9 Å². The van der Waals surface area contributed by atoms with Gasteiger partial charge >= 0.3 is 0 Å². The lowest BCUT2D eigenvalue weighted by atomic mass is 10.00. The van der Waals surface area contributed by atoms with E-state index in [1.165, 1.54) is 0 Å². The maximum absolute atomic E-state index is 13.0. The standard InChI is InChI=1S/C23H24ClN3O5/c24-16-7-8-17-15(12-16)13-19(25-17)21(29)26-18(11-14-5-2-1-3-6-14)20(28)22(30)27-10-4-9-23(27,31)32/h1-3,5-8,12-13,18,20,25,28,31-32H,4,9-11H2,(H,26,29)/t18-,20+/m0/s1. The number of aromatic amines is 1. The minimum Gasteiger partial charge on any atom is -0.381 e. The van der Waals surface area contributed by atoms with E-state index in [2.05, 4.69) is 10.3 Å². The Morgan fingerprint density at radius 3 is 2.59 bits per heavy atom. The van der Waals surface area contributed by atoms with Crippen molar-refractivity contribution in [3.63, 3.8) is 0 Å². The molecule has 2 amide bonds. The summed E-state index contributed by atoms with van der Waals surface area (Å²) in [7, 11) is 0. The molecule has 2 aromatic carbocycles. The highest BCUT2D eigenvalue weighted by atomic mass is 35.5. The van der Waals surface area contributed by atoms with Crippen LogP contribution in [0.15, 0.2) is 54.6 Å². The number of fused-ring (bicyclic) bond motifs is 1. The topological polar surface area (TPSA) is 126 Å². The third-order valence-electron chi connectivity index (χ3n) is 5.67. The number of amides is 2. The van der Waals surface area contributed by atoms with Gasteiger partial charge in [-0.1, -0.05) is 41.9 Å². The molecule has 9 heteroatoms. The number of rotatable bonds is 6. The van der Waals surface area contributed by atoms with Gasteiger partial charge in [-0.15, -0.1) is 0 Å². The van der Waals surface area contributed by atoms with Crippen molar-refractivity contribution in [3.05, 3.63) is 70.9 Å². The summed E-state index contributed by atoms with van der Waals surface area (Å²) in [6.07, 6.45) is -1.10. The Morgan fingerprint density at radius 2 is 1.91 bits per heavy atom. The number of H-pyrrole nitrogens is 1. The van der Waals surface area contributed by atoms with E-state index in [0.717, 1.165) is 21.4 Å². The zero-order valence-corrected chi connectivity index (χ0v) is 17.9. The summed E-state index contributed by atoms with van der Waals surface area (Å²) in [5, 5.41) is 35.0. The summed E-state index contributed by atoms with van der Waals surface area (Å²) >= 11 is 6.01. The summed E-state index contributed by atoms with van der Waals surface area (Å²) in [5.74, 6) is -3.67. The van der Waals surface area contributed by atoms with E-state index in [1.807, 2.05) is 30.3 Å². The monoisotopic (exact) mass is 457 g/mol. The summed E-state index contributed by atoms with van der Waals surface area (Å²) in [5.41, 5.74) is 1.77. The third-order valence-corrected chi connectivity index (χ3v) is 5.90. The van der Waals surface area contributed by atoms with Gasteiger partial charge in [-0.25, -0.2) is 0 Å². The highest BCUT2D eigenvalue weighted by molar-refractivity contribution is 6.31. The number of halogens is 1. The van der Waals surface area contributed by atoms with Crippen LogP contribution in [0.3, 0.4) is 0 Å². The number of nitrogens with zero attached hydrogens (tertiary/aromatic N) is 1. The van der Waals surface area contributed by atoms with Gasteiger partial charge in [-0.2, -0.15) is 0 Å². The van der Waals surface area contributed by atoms with Crippen LogP contribution in [-0.4, -0.2) is 61.6 Å². The van der Waals surface area contributed by atoms with Gasteiger partial charge in [0.25, 0.3) is 11.8 Å². The first-order chi connectivity index (χ1) is 15.2. The van der Waals surface area contributed by atoms with E-state index >= 15 is 0 Å². The van der Waals surface area contributed by atoms with Gasteiger partial charge in [0.15, 0.2) is 6.10 Å². The molecule has 1 aliphatic heterocycles. The van der Waals surface area contributed by atoms with Gasteiger partial charge in [0.1, 0.15) is 5.69 Å². The fourth-order valence-electron chi connectivity index (χ4n) is 3.99. The lowest BCUT2D eigenvalue weighted by Crippen LogP contribution is -2.57. The fraction of sp³-hybridized carbons (Fsp3) is 0.304. The van der Waals surface area contributed by atoms with E-state index < -0.39 is 29.9 Å². The number of carbonyl (C=O) groups is 2. The molecule has 0 spiro atoms. The third kappa shape index (κ3) is 4.63. The Balaban J connectivity index is 1.58. The Kier molecular flexibility index (Phi) is 6.21. The number of aliphatic hydroxyl groups excluding tert-OH is 1. The van der Waals surface area contributed by atoms with Crippen molar-refractivity contribution in [3.8, 4) is 0 Å². The summed E-state index contributed by atoms with van der Waals surface area (Å²) in [6, 6.07) is 14.9. The molecule has 32 heavy (non-hydrogen) atoms. The van der Waals surface area contributed by atoms with Gasteiger partial charge < -0.3 is 25.6 Å². The highest BCUT2D eigenvalue weighted by Crippen LogP contribution is 2.26. The van der Waals surface area contributed by atoms with Gasteiger partial charge in [-0.3, -0.25) is 14.5 Å². The number of aromatic nitrogens is 1. The molecule has 4 rings (SSSR count). The minimum absolute atomic E-state index is 0.00120. The average Bonchev–Trinajstić information content (AvgIpc) is 3.35. The van der Waals surface area contributed by atoms with Crippen LogP contribution in [0.25, 0.3) is 10.9 Å². The Labute approximate surface area is 189 Å². The second-order valence-corrected chi connectivity index (χ2v) is 8.43. The number of likely N-dealkylation sites (tertiary alicyclic amines) is 1. The first-order valence-electron chi connectivity index (χ1n) is 10.3. The van der Waals surface area contributed by atoms with Crippen LogP contribution >= 0.6 is 11.6 Å². The van der Waals surface area contributed by atoms with Crippen LogP contribution in [0, 0.1) is 0 Å². The van der Waals surface area contributed by atoms with Crippen molar-refractivity contribution < 1.29 is 24.9 Å². The van der Waals surface area contributed by atoms with Crippen LogP contribution in [0.5, 0.6) is 0 Å². The zero-order valence-electron chi connectivity index (χ0n) is 17.2. The first-order valence-corrected chi connectivity index (χ1v) is 10.7. The van der Waals surface area contributed by atoms with Crippen LogP contribution in [0.4, 0.5) is 0 Å². The molecule has 0 saturated carbocycles. The maximum Gasteiger partial charge on any atom is 0.268 e. The number of nitrogens with one attached hydrogen (secondary N) is 2. The predicted octanol–water partition coefficient (Wildman–Crippen LogP) is 1.78. The lowest BCUT2D eigenvalue weighted by molar-refractivity contribution is -0.243. The molecule has 3 aromatic rings. The SMILES string of the molecule is O=C(N[C@@H](Cc1ccccc1)[C@@H](O)C(=O)N1CCCC1(O)O)c1cc2cc(Cl)ccc2[nH]1. The zero-order chi connectivity index (χ0) is 22.9. The van der Waals surface area contributed by atoms with E-state index in [4.69, 9.17) is 11.6 Å². The summed E-state index contributed by atoms with van der Waals surface area (Å²) in [6.45, 7) is 0.109. The van der Waals surface area contributed by atoms with Gasteiger partial charge in [-0.05, 0) is 42.7 Å². The number of hydrogen-bond acceptors (Lipinski definition) is 5. The molecule has 1 saturated heterocycles. The van der Waals surface area contributed by atoms with E-state index in [9.17, 15) is 24.9 Å². The molecular formula is C23H24ClN3O5. The largest absolute Gasteiger partial charge is 0.381 e. The van der Waals surface area contributed by atoms with Crippen molar-refractivity contribution >= 4 is 34.3 Å². The Hall–Kier alpha value is -2.91. The van der Waals surface area contributed by atoms with Gasteiger partial charge in [0, 0.05) is 28.9 Å². The molecule has 2 heterocycles. The van der Waals surface area contributed by atoms with Crippen molar-refractivity contribution in [2.75, 3.05) is 6.54 Å². The normalized spacial score (nSPS) is 17.3. The van der Waals surface area contributed by atoms with Crippen molar-refractivity contribution in [1.82, 2.24) is 15.2 Å². The molecule has 5 N–H and O–H groups in total. The molecule has 0 bridgehead atoms. The summed E-state index contributed by atoms with van der Waals surface area (Å²) < 4.78 is 0. The van der Waals surface area contributed by atoms with Gasteiger partial charge in [0.05, 0.1) is 6.04 Å². The number of carbonyl (C=O) groups excluding carboxylic acids is 2. The predicted molar refractivity (Wildman–Crippen MR) is 119 cm³/mol. The molecule has 168 valence electrons. The summed E-state index contributed by atoms with van der Waals surface area (Å²) in [4.78, 5) is 29.7. The molecule has 0 radical (unpaired) electrons. The fourth-order valence-corrected chi connectivity index (χ4v) is 4.17. The minimum atomic E-state index is -2.31. The maximum atomic E-state index is 13.0. The van der Waals surface area contributed by atoms with Crippen molar-refractivity contribution in [2.24, 2.45) is 0 Å². The first kappa shape index (κ1) is 22.3. The van der Waals surface area contributed by atoms with Gasteiger partial charge in [0.2, 0.25) is 5.91 Å². The van der Waals surface area contributed by atoms with Crippen LogP contribution in [0.2, 0.25) is 5.02 Å². The van der Waals surface area contributed by atoms with E-state index in [0.29, 0.717) is 11.4 Å². The second-order valence-electron chi connectivity index (χ2n) is 8.00. The van der Waals surface area contributed by atoms with E-state index in [-0.39, 0.29) is 25.1 Å². The molecular weight excluding hydrogens is 434 g/mol. The number of hydrogen-bond donors (Lipinski definition) is 5. The number of aliphatic hydroxyl groups is 3. The second kappa shape index (κ2) is 8.91. The van der Waals surface area contributed by atoms with Crippen molar-refractivity contribution in [2.45, 2.75) is 37.3 Å². The molecule has 0 aliphatic carbocycles. The molecule has 1 aliphatic rings. The Bertz CT molecular complexity index is 1130. The van der Waals surface area contributed by atoms with Crippen molar-refractivity contribution in [1.29, 1.82) is 0 Å².